The Hall–Kier alpha value is -1.35. The predicted octanol–water partition coefficient (Wildman–Crippen LogP) is 3.13. The lowest BCUT2D eigenvalue weighted by atomic mass is 9.76. The van der Waals surface area contributed by atoms with Crippen LogP contribution in [0.1, 0.15) is 51.2 Å². The van der Waals surface area contributed by atoms with Crippen molar-refractivity contribution in [2.75, 3.05) is 26.2 Å². The fourth-order valence-electron chi connectivity index (χ4n) is 4.08. The van der Waals surface area contributed by atoms with Crippen LogP contribution < -0.4 is 5.32 Å². The molecule has 3 heteroatoms. The van der Waals surface area contributed by atoms with Crippen LogP contribution in [0.3, 0.4) is 0 Å². The van der Waals surface area contributed by atoms with E-state index in [1.165, 1.54) is 12.0 Å². The van der Waals surface area contributed by atoms with Crippen LogP contribution in [-0.4, -0.2) is 37.0 Å². The molecule has 23 heavy (non-hydrogen) atoms. The Morgan fingerprint density at radius 3 is 2.35 bits per heavy atom. The van der Waals surface area contributed by atoms with Crippen LogP contribution in [0.15, 0.2) is 24.3 Å². The number of carbonyl (C=O) groups excluding carboxylic acids is 1. The van der Waals surface area contributed by atoms with Crippen molar-refractivity contribution in [1.29, 1.82) is 0 Å². The third kappa shape index (κ3) is 3.16. The van der Waals surface area contributed by atoms with E-state index in [9.17, 15) is 4.79 Å². The Bertz CT molecular complexity index is 546. The van der Waals surface area contributed by atoms with E-state index in [1.807, 2.05) is 0 Å². The Labute approximate surface area is 140 Å². The second-order valence-corrected chi connectivity index (χ2v) is 7.89. The summed E-state index contributed by atoms with van der Waals surface area (Å²) in [5.41, 5.74) is 2.47. The van der Waals surface area contributed by atoms with Gasteiger partial charge in [-0.25, -0.2) is 0 Å². The lowest BCUT2D eigenvalue weighted by Crippen LogP contribution is -2.49. The minimum atomic E-state index is -0.440. The lowest BCUT2D eigenvalue weighted by molar-refractivity contribution is -0.138. The van der Waals surface area contributed by atoms with Gasteiger partial charge in [-0.3, -0.25) is 4.79 Å². The molecule has 2 aliphatic rings. The molecule has 126 valence electrons. The van der Waals surface area contributed by atoms with Crippen molar-refractivity contribution in [1.82, 2.24) is 10.2 Å². The SMILES string of the molecule is CCc1ccc(C(C)(C)C(=O)N2CCC3(CCNC3)CC2)cc1. The van der Waals surface area contributed by atoms with E-state index in [2.05, 4.69) is 55.3 Å². The van der Waals surface area contributed by atoms with Gasteiger partial charge in [-0.1, -0.05) is 31.2 Å². The number of piperidine rings is 1. The van der Waals surface area contributed by atoms with Crippen molar-refractivity contribution in [3.8, 4) is 0 Å². The zero-order valence-electron chi connectivity index (χ0n) is 14.8. The molecule has 0 aromatic heterocycles. The van der Waals surface area contributed by atoms with Gasteiger partial charge in [0, 0.05) is 19.6 Å². The highest BCUT2D eigenvalue weighted by Gasteiger charge is 2.41. The largest absolute Gasteiger partial charge is 0.342 e. The molecule has 2 saturated heterocycles. The first-order valence-corrected chi connectivity index (χ1v) is 9.06. The fraction of sp³-hybridized carbons (Fsp3) is 0.650. The van der Waals surface area contributed by atoms with Gasteiger partial charge in [0.25, 0.3) is 0 Å². The van der Waals surface area contributed by atoms with Crippen LogP contribution >= 0.6 is 0 Å². The smallest absolute Gasteiger partial charge is 0.232 e. The van der Waals surface area contributed by atoms with Gasteiger partial charge in [-0.2, -0.15) is 0 Å². The Kier molecular flexibility index (Phi) is 4.50. The normalized spacial score (nSPS) is 20.9. The van der Waals surface area contributed by atoms with Crippen molar-refractivity contribution < 1.29 is 4.79 Å². The van der Waals surface area contributed by atoms with E-state index in [0.717, 1.165) is 51.0 Å². The van der Waals surface area contributed by atoms with Gasteiger partial charge < -0.3 is 10.2 Å². The molecular weight excluding hydrogens is 284 g/mol. The van der Waals surface area contributed by atoms with Crippen LogP contribution in [-0.2, 0) is 16.6 Å². The number of hydrogen-bond acceptors (Lipinski definition) is 2. The second-order valence-electron chi connectivity index (χ2n) is 7.89. The summed E-state index contributed by atoms with van der Waals surface area (Å²) in [6.07, 6.45) is 4.61. The molecule has 3 rings (SSSR count). The minimum absolute atomic E-state index is 0.280. The Balaban J connectivity index is 1.68. The number of amides is 1. The summed E-state index contributed by atoms with van der Waals surface area (Å²) >= 11 is 0. The van der Waals surface area contributed by atoms with E-state index in [-0.39, 0.29) is 5.91 Å². The topological polar surface area (TPSA) is 32.3 Å². The van der Waals surface area contributed by atoms with E-state index in [0.29, 0.717) is 5.41 Å². The number of nitrogens with zero attached hydrogens (tertiary/aromatic N) is 1. The number of nitrogens with one attached hydrogen (secondary N) is 1. The monoisotopic (exact) mass is 314 g/mol. The maximum absolute atomic E-state index is 13.1. The number of hydrogen-bond donors (Lipinski definition) is 1. The molecule has 3 nitrogen and oxygen atoms in total. The fourth-order valence-corrected chi connectivity index (χ4v) is 4.08. The zero-order valence-corrected chi connectivity index (χ0v) is 14.8. The molecule has 2 heterocycles. The van der Waals surface area contributed by atoms with Crippen molar-refractivity contribution in [2.45, 2.75) is 51.9 Å². The molecule has 1 aromatic rings. The molecule has 2 aliphatic heterocycles. The average Bonchev–Trinajstić information content (AvgIpc) is 3.03. The molecule has 0 atom stereocenters. The van der Waals surface area contributed by atoms with Crippen molar-refractivity contribution in [3.63, 3.8) is 0 Å². The van der Waals surface area contributed by atoms with Crippen molar-refractivity contribution >= 4 is 5.91 Å². The van der Waals surface area contributed by atoms with E-state index < -0.39 is 5.41 Å². The highest BCUT2D eigenvalue weighted by atomic mass is 16.2. The molecule has 1 N–H and O–H groups in total. The third-order valence-electron chi connectivity index (χ3n) is 6.06. The summed E-state index contributed by atoms with van der Waals surface area (Å²) in [6, 6.07) is 8.56. The molecule has 0 aliphatic carbocycles. The molecule has 1 aromatic carbocycles. The zero-order chi connectivity index (χ0) is 16.5. The van der Waals surface area contributed by atoms with Gasteiger partial charge in [-0.05, 0) is 62.6 Å². The van der Waals surface area contributed by atoms with Crippen LogP contribution in [0.2, 0.25) is 0 Å². The summed E-state index contributed by atoms with van der Waals surface area (Å²) in [4.78, 5) is 15.2. The van der Waals surface area contributed by atoms with Gasteiger partial charge in [0.2, 0.25) is 5.91 Å². The first-order chi connectivity index (χ1) is 11.0. The lowest BCUT2D eigenvalue weighted by Gasteiger charge is -2.41. The summed E-state index contributed by atoms with van der Waals surface area (Å²) in [7, 11) is 0. The summed E-state index contributed by atoms with van der Waals surface area (Å²) in [6.45, 7) is 10.4. The van der Waals surface area contributed by atoms with Crippen LogP contribution in [0.5, 0.6) is 0 Å². The van der Waals surface area contributed by atoms with Gasteiger partial charge in [0.15, 0.2) is 0 Å². The Morgan fingerprint density at radius 1 is 1.17 bits per heavy atom. The standard InChI is InChI=1S/C20H30N2O/c1-4-16-5-7-17(8-6-16)19(2,3)18(23)22-13-10-20(11-14-22)9-12-21-15-20/h5-8,21H,4,9-15H2,1-3H3. The molecule has 2 fully saturated rings. The van der Waals surface area contributed by atoms with Gasteiger partial charge in [0.05, 0.1) is 5.41 Å². The van der Waals surface area contributed by atoms with Gasteiger partial charge >= 0.3 is 0 Å². The average molecular weight is 314 g/mol. The molecule has 0 radical (unpaired) electrons. The summed E-state index contributed by atoms with van der Waals surface area (Å²) in [5.74, 6) is 0.280. The second kappa shape index (κ2) is 6.27. The quantitative estimate of drug-likeness (QED) is 0.929. The number of likely N-dealkylation sites (tertiary alicyclic amines) is 1. The predicted molar refractivity (Wildman–Crippen MR) is 94.6 cm³/mol. The van der Waals surface area contributed by atoms with E-state index in [4.69, 9.17) is 0 Å². The molecule has 0 saturated carbocycles. The highest BCUT2D eigenvalue weighted by Crippen LogP contribution is 2.38. The van der Waals surface area contributed by atoms with Crippen LogP contribution in [0.4, 0.5) is 0 Å². The van der Waals surface area contributed by atoms with E-state index >= 15 is 0 Å². The van der Waals surface area contributed by atoms with E-state index in [1.54, 1.807) is 0 Å². The van der Waals surface area contributed by atoms with Crippen LogP contribution in [0.25, 0.3) is 0 Å². The number of benzene rings is 1. The van der Waals surface area contributed by atoms with Crippen molar-refractivity contribution in [2.24, 2.45) is 5.41 Å². The maximum atomic E-state index is 13.1. The number of carbonyl (C=O) groups is 1. The molecular formula is C20H30N2O. The first-order valence-electron chi connectivity index (χ1n) is 9.06. The highest BCUT2D eigenvalue weighted by molar-refractivity contribution is 5.87. The van der Waals surface area contributed by atoms with Crippen LogP contribution in [0, 0.1) is 5.41 Å². The van der Waals surface area contributed by atoms with Gasteiger partial charge in [0.1, 0.15) is 0 Å². The number of aryl methyl sites for hydroxylation is 1. The minimum Gasteiger partial charge on any atom is -0.342 e. The summed E-state index contributed by atoms with van der Waals surface area (Å²) in [5, 5.41) is 3.49. The van der Waals surface area contributed by atoms with Crippen molar-refractivity contribution in [3.05, 3.63) is 35.4 Å². The number of rotatable bonds is 3. The van der Waals surface area contributed by atoms with Gasteiger partial charge in [-0.15, -0.1) is 0 Å². The molecule has 0 unspecified atom stereocenters. The molecule has 1 spiro atoms. The molecule has 1 amide bonds. The summed E-state index contributed by atoms with van der Waals surface area (Å²) < 4.78 is 0. The molecule has 0 bridgehead atoms. The maximum Gasteiger partial charge on any atom is 0.232 e. The third-order valence-corrected chi connectivity index (χ3v) is 6.06. The Morgan fingerprint density at radius 2 is 1.83 bits per heavy atom. The first kappa shape index (κ1) is 16.5.